The topological polar surface area (TPSA) is 55.5 Å². The van der Waals surface area contributed by atoms with E-state index in [4.69, 9.17) is 9.26 Å². The molecule has 0 aliphatic heterocycles. The van der Waals surface area contributed by atoms with Crippen LogP contribution in [0.15, 0.2) is 59.1 Å². The van der Waals surface area contributed by atoms with Crippen LogP contribution in [0, 0.1) is 0 Å². The van der Waals surface area contributed by atoms with E-state index < -0.39 is 0 Å². The normalized spacial score (nSPS) is 15.1. The minimum Gasteiger partial charge on any atom is -0.508 e. The van der Waals surface area contributed by atoms with Crippen molar-refractivity contribution in [3.05, 3.63) is 60.4 Å². The standard InChI is InChI=1S/C22H23NO3/c1-2-14-25-15-22(12-13-22)21-19(16-6-4-3-5-7-16)20(23-26-21)17-8-10-18(24)11-9-17/h3-11,24H,2,12-15H2,1H3. The van der Waals surface area contributed by atoms with Crippen LogP contribution in [0.3, 0.4) is 0 Å². The van der Waals surface area contributed by atoms with Crippen molar-refractivity contribution < 1.29 is 14.4 Å². The fraction of sp³-hybridized carbons (Fsp3) is 0.318. The van der Waals surface area contributed by atoms with Crippen molar-refractivity contribution in [3.63, 3.8) is 0 Å². The van der Waals surface area contributed by atoms with E-state index in [-0.39, 0.29) is 11.2 Å². The summed E-state index contributed by atoms with van der Waals surface area (Å²) in [5.41, 5.74) is 3.81. The first-order chi connectivity index (χ1) is 12.7. The molecule has 0 bridgehead atoms. The Morgan fingerprint density at radius 2 is 1.77 bits per heavy atom. The molecule has 0 atom stereocenters. The molecule has 1 aliphatic carbocycles. The van der Waals surface area contributed by atoms with Gasteiger partial charge in [0.2, 0.25) is 0 Å². The first-order valence-electron chi connectivity index (χ1n) is 9.16. The Kier molecular flexibility index (Phi) is 4.51. The Hall–Kier alpha value is -2.59. The number of rotatable bonds is 7. The number of hydrogen-bond acceptors (Lipinski definition) is 4. The van der Waals surface area contributed by atoms with Crippen LogP contribution in [0.4, 0.5) is 0 Å². The van der Waals surface area contributed by atoms with Crippen molar-refractivity contribution in [2.24, 2.45) is 0 Å². The molecule has 1 aromatic heterocycles. The maximum Gasteiger partial charge on any atom is 0.153 e. The summed E-state index contributed by atoms with van der Waals surface area (Å²) in [6, 6.07) is 17.3. The number of phenolic OH excluding ortho intramolecular Hbond substituents is 1. The van der Waals surface area contributed by atoms with Gasteiger partial charge in [-0.3, -0.25) is 0 Å². The number of phenols is 1. The molecule has 1 fully saturated rings. The van der Waals surface area contributed by atoms with Crippen LogP contribution in [0.5, 0.6) is 5.75 Å². The Labute approximate surface area is 153 Å². The van der Waals surface area contributed by atoms with Crippen LogP contribution >= 0.6 is 0 Å². The second kappa shape index (κ2) is 6.96. The van der Waals surface area contributed by atoms with Crippen LogP contribution in [0.2, 0.25) is 0 Å². The fourth-order valence-electron chi connectivity index (χ4n) is 3.34. The molecule has 2 aromatic carbocycles. The van der Waals surface area contributed by atoms with Gasteiger partial charge in [-0.2, -0.15) is 0 Å². The maximum atomic E-state index is 9.59. The predicted octanol–water partition coefficient (Wildman–Crippen LogP) is 5.17. The molecular weight excluding hydrogens is 326 g/mol. The van der Waals surface area contributed by atoms with Gasteiger partial charge in [-0.25, -0.2) is 0 Å². The minimum atomic E-state index is -0.0670. The number of nitrogens with zero attached hydrogens (tertiary/aromatic N) is 1. The quantitative estimate of drug-likeness (QED) is 0.598. The lowest BCUT2D eigenvalue weighted by Crippen LogP contribution is -2.16. The molecule has 0 saturated heterocycles. The van der Waals surface area contributed by atoms with Gasteiger partial charge in [0, 0.05) is 12.2 Å². The first-order valence-corrected chi connectivity index (χ1v) is 9.16. The van der Waals surface area contributed by atoms with E-state index >= 15 is 0 Å². The molecule has 1 heterocycles. The molecular formula is C22H23NO3. The molecule has 0 unspecified atom stereocenters. The predicted molar refractivity (Wildman–Crippen MR) is 101 cm³/mol. The second-order valence-corrected chi connectivity index (χ2v) is 6.98. The largest absolute Gasteiger partial charge is 0.508 e. The van der Waals surface area contributed by atoms with E-state index in [1.54, 1.807) is 12.1 Å². The monoisotopic (exact) mass is 349 g/mol. The third-order valence-corrected chi connectivity index (χ3v) is 4.96. The zero-order valence-electron chi connectivity index (χ0n) is 14.9. The molecule has 3 aromatic rings. The van der Waals surface area contributed by atoms with Crippen LogP contribution in [0.1, 0.15) is 31.9 Å². The molecule has 4 heteroatoms. The zero-order chi connectivity index (χ0) is 18.0. The number of ether oxygens (including phenoxy) is 1. The highest BCUT2D eigenvalue weighted by molar-refractivity contribution is 5.83. The van der Waals surface area contributed by atoms with Gasteiger partial charge in [0.1, 0.15) is 11.4 Å². The average molecular weight is 349 g/mol. The molecule has 0 radical (unpaired) electrons. The van der Waals surface area contributed by atoms with Crippen molar-refractivity contribution >= 4 is 0 Å². The summed E-state index contributed by atoms with van der Waals surface area (Å²) in [6.45, 7) is 3.55. The SMILES string of the molecule is CCCOCC1(c2onc(-c3ccc(O)cc3)c2-c2ccccc2)CC1. The minimum absolute atomic E-state index is 0.0670. The van der Waals surface area contributed by atoms with E-state index in [9.17, 15) is 5.11 Å². The first kappa shape index (κ1) is 16.9. The highest BCUT2D eigenvalue weighted by Crippen LogP contribution is 2.53. The third-order valence-electron chi connectivity index (χ3n) is 4.96. The van der Waals surface area contributed by atoms with Gasteiger partial charge in [0.25, 0.3) is 0 Å². The van der Waals surface area contributed by atoms with Gasteiger partial charge in [-0.1, -0.05) is 42.4 Å². The molecule has 4 rings (SSSR count). The average Bonchev–Trinajstić information content (AvgIpc) is 3.32. The van der Waals surface area contributed by atoms with Crippen molar-refractivity contribution in [2.75, 3.05) is 13.2 Å². The number of hydrogen-bond donors (Lipinski definition) is 1. The van der Waals surface area contributed by atoms with Gasteiger partial charge in [-0.05, 0) is 49.1 Å². The van der Waals surface area contributed by atoms with Crippen molar-refractivity contribution in [1.82, 2.24) is 5.16 Å². The lowest BCUT2D eigenvalue weighted by molar-refractivity contribution is 0.105. The van der Waals surface area contributed by atoms with Crippen LogP contribution in [0.25, 0.3) is 22.4 Å². The summed E-state index contributed by atoms with van der Waals surface area (Å²) >= 11 is 0. The van der Waals surface area contributed by atoms with E-state index in [1.165, 1.54) is 0 Å². The van der Waals surface area contributed by atoms with E-state index in [1.807, 2.05) is 30.3 Å². The van der Waals surface area contributed by atoms with Gasteiger partial charge in [-0.15, -0.1) is 0 Å². The second-order valence-electron chi connectivity index (χ2n) is 6.98. The highest BCUT2D eigenvalue weighted by atomic mass is 16.5. The zero-order valence-corrected chi connectivity index (χ0v) is 14.9. The van der Waals surface area contributed by atoms with Gasteiger partial charge < -0.3 is 14.4 Å². The Bertz CT molecular complexity index is 864. The van der Waals surface area contributed by atoms with Crippen LogP contribution < -0.4 is 0 Å². The number of aromatic nitrogens is 1. The van der Waals surface area contributed by atoms with Gasteiger partial charge in [0.15, 0.2) is 5.76 Å². The summed E-state index contributed by atoms with van der Waals surface area (Å²) in [6.07, 6.45) is 3.12. The summed E-state index contributed by atoms with van der Waals surface area (Å²) in [4.78, 5) is 0. The van der Waals surface area contributed by atoms with Gasteiger partial charge >= 0.3 is 0 Å². The van der Waals surface area contributed by atoms with Gasteiger partial charge in [0.05, 0.1) is 17.6 Å². The Balaban J connectivity index is 1.79. The molecule has 26 heavy (non-hydrogen) atoms. The summed E-state index contributed by atoms with van der Waals surface area (Å²) in [7, 11) is 0. The van der Waals surface area contributed by atoms with E-state index in [0.29, 0.717) is 6.61 Å². The lowest BCUT2D eigenvalue weighted by atomic mass is 9.92. The molecule has 0 amide bonds. The Morgan fingerprint density at radius 3 is 2.42 bits per heavy atom. The number of benzene rings is 2. The van der Waals surface area contributed by atoms with Crippen molar-refractivity contribution in [1.29, 1.82) is 0 Å². The third kappa shape index (κ3) is 3.13. The fourth-order valence-corrected chi connectivity index (χ4v) is 3.34. The van der Waals surface area contributed by atoms with Crippen molar-refractivity contribution in [2.45, 2.75) is 31.6 Å². The maximum absolute atomic E-state index is 9.59. The lowest BCUT2D eigenvalue weighted by Gasteiger charge is -2.14. The summed E-state index contributed by atoms with van der Waals surface area (Å²) in [5, 5.41) is 14.0. The molecule has 1 N–H and O–H groups in total. The number of aromatic hydroxyl groups is 1. The molecule has 1 saturated carbocycles. The summed E-state index contributed by atoms with van der Waals surface area (Å²) < 4.78 is 11.8. The Morgan fingerprint density at radius 1 is 1.04 bits per heavy atom. The smallest absolute Gasteiger partial charge is 0.153 e. The molecule has 134 valence electrons. The van der Waals surface area contributed by atoms with Crippen molar-refractivity contribution in [3.8, 4) is 28.1 Å². The molecule has 1 aliphatic rings. The van der Waals surface area contributed by atoms with Crippen LogP contribution in [-0.2, 0) is 10.2 Å². The molecule has 0 spiro atoms. The highest BCUT2D eigenvalue weighted by Gasteiger charge is 2.50. The molecule has 4 nitrogen and oxygen atoms in total. The van der Waals surface area contributed by atoms with Crippen LogP contribution in [-0.4, -0.2) is 23.5 Å². The van der Waals surface area contributed by atoms with E-state index in [2.05, 4.69) is 24.2 Å². The summed E-state index contributed by atoms with van der Waals surface area (Å²) in [5.74, 6) is 1.16. The van der Waals surface area contributed by atoms with E-state index in [0.717, 1.165) is 54.0 Å².